The van der Waals surface area contributed by atoms with Crippen LogP contribution in [-0.4, -0.2) is 42.7 Å². The monoisotopic (exact) mass is 483 g/mol. The van der Waals surface area contributed by atoms with Gasteiger partial charge in [-0.15, -0.1) is 0 Å². The van der Waals surface area contributed by atoms with Crippen LogP contribution in [0.2, 0.25) is 0 Å². The highest BCUT2D eigenvalue weighted by Crippen LogP contribution is 2.30. The van der Waals surface area contributed by atoms with E-state index in [1.807, 2.05) is 0 Å². The van der Waals surface area contributed by atoms with Crippen molar-refractivity contribution in [1.29, 1.82) is 0 Å². The molecule has 1 N–H and O–H groups in total. The molecule has 34 heavy (non-hydrogen) atoms. The van der Waals surface area contributed by atoms with Gasteiger partial charge < -0.3 is 14.3 Å². The van der Waals surface area contributed by atoms with Crippen molar-refractivity contribution in [3.8, 4) is 0 Å². The molecule has 0 saturated carbocycles. The van der Waals surface area contributed by atoms with Crippen molar-refractivity contribution in [1.82, 2.24) is 9.46 Å². The summed E-state index contributed by atoms with van der Waals surface area (Å²) >= 11 is 0. The fraction of sp³-hybridized carbons (Fsp3) is 0.292. The Morgan fingerprint density at radius 2 is 2.03 bits per heavy atom. The number of anilines is 1. The average molecular weight is 484 g/mol. The highest BCUT2D eigenvalue weighted by molar-refractivity contribution is 7.89. The number of sulfonamides is 1. The molecule has 4 rings (SSSR count). The van der Waals surface area contributed by atoms with Gasteiger partial charge in [0, 0.05) is 24.3 Å². The lowest BCUT2D eigenvalue weighted by Crippen LogP contribution is -2.43. The number of furan rings is 1. The van der Waals surface area contributed by atoms with Crippen molar-refractivity contribution in [2.45, 2.75) is 31.6 Å². The van der Waals surface area contributed by atoms with Crippen molar-refractivity contribution in [3.05, 3.63) is 65.4 Å². The highest BCUT2D eigenvalue weighted by Gasteiger charge is 2.37. The molecule has 10 heteroatoms. The second kappa shape index (κ2) is 9.78. The van der Waals surface area contributed by atoms with Crippen molar-refractivity contribution in [2.75, 3.05) is 18.4 Å². The number of ketones is 1. The normalized spacial score (nSPS) is 17.2. The predicted octanol–water partition coefficient (Wildman–Crippen LogP) is 3.99. The van der Waals surface area contributed by atoms with Crippen LogP contribution in [0, 0.1) is 12.8 Å². The summed E-state index contributed by atoms with van der Waals surface area (Å²) in [5, 5.41) is 6.65. The van der Waals surface area contributed by atoms with Crippen LogP contribution < -0.4 is 5.32 Å². The van der Waals surface area contributed by atoms with Gasteiger partial charge in [0.15, 0.2) is 16.4 Å². The number of piperidine rings is 1. The van der Waals surface area contributed by atoms with Gasteiger partial charge in [-0.05, 0) is 63.1 Å². The summed E-state index contributed by atoms with van der Waals surface area (Å²) in [5.74, 6) is -0.290. The molecule has 0 spiro atoms. The van der Waals surface area contributed by atoms with Gasteiger partial charge >= 0.3 is 0 Å². The smallest absolute Gasteiger partial charge is 0.248 e. The Hall–Kier alpha value is -3.50. The number of benzene rings is 1. The lowest BCUT2D eigenvalue weighted by molar-refractivity contribution is -0.120. The summed E-state index contributed by atoms with van der Waals surface area (Å²) in [5.41, 5.74) is 1.23. The van der Waals surface area contributed by atoms with Crippen molar-refractivity contribution < 1.29 is 26.9 Å². The minimum Gasteiger partial charge on any atom is -0.465 e. The molecule has 3 heterocycles. The van der Waals surface area contributed by atoms with Crippen LogP contribution in [0.4, 0.5) is 5.69 Å². The first-order chi connectivity index (χ1) is 16.3. The van der Waals surface area contributed by atoms with E-state index < -0.39 is 15.9 Å². The van der Waals surface area contributed by atoms with Gasteiger partial charge in [0.1, 0.15) is 11.5 Å². The minimum absolute atomic E-state index is 0.0227. The maximum absolute atomic E-state index is 13.5. The molecule has 1 aliphatic rings. The van der Waals surface area contributed by atoms with Gasteiger partial charge in [0.2, 0.25) is 15.9 Å². The first-order valence-corrected chi connectivity index (χ1v) is 12.3. The number of hydrogen-bond donors (Lipinski definition) is 1. The van der Waals surface area contributed by atoms with Gasteiger partial charge in [0.05, 0.1) is 12.2 Å². The third-order valence-electron chi connectivity index (χ3n) is 5.66. The largest absolute Gasteiger partial charge is 0.465 e. The SMILES string of the molecule is CC(=O)c1cccc(NC(=O)C2CCCN(S(=O)(=O)c3c(C)noc3/C=C/c3ccco3)C2)c1. The summed E-state index contributed by atoms with van der Waals surface area (Å²) in [6.07, 6.45) is 5.70. The summed E-state index contributed by atoms with van der Waals surface area (Å²) in [7, 11) is -3.96. The van der Waals surface area contributed by atoms with Crippen molar-refractivity contribution in [2.24, 2.45) is 5.92 Å². The fourth-order valence-corrected chi connectivity index (χ4v) is 5.68. The van der Waals surface area contributed by atoms with Gasteiger partial charge in [-0.1, -0.05) is 17.3 Å². The summed E-state index contributed by atoms with van der Waals surface area (Å²) in [6.45, 7) is 3.34. The zero-order valence-corrected chi connectivity index (χ0v) is 19.7. The van der Waals surface area contributed by atoms with Gasteiger partial charge in [0.25, 0.3) is 0 Å². The van der Waals surface area contributed by atoms with E-state index in [1.54, 1.807) is 49.4 Å². The number of Topliss-reactive ketones (excluding diaryl/α,β-unsaturated/α-hetero) is 1. The lowest BCUT2D eigenvalue weighted by Gasteiger charge is -2.31. The van der Waals surface area contributed by atoms with Crippen molar-refractivity contribution >= 4 is 39.6 Å². The average Bonchev–Trinajstić information content (AvgIpc) is 3.47. The quantitative estimate of drug-likeness (QED) is 0.504. The number of amides is 1. The molecular weight excluding hydrogens is 458 g/mol. The second-order valence-electron chi connectivity index (χ2n) is 8.14. The molecule has 0 aliphatic carbocycles. The van der Waals surface area contributed by atoms with E-state index in [1.165, 1.54) is 23.6 Å². The molecular formula is C24H25N3O6S. The number of aromatic nitrogens is 1. The zero-order valence-electron chi connectivity index (χ0n) is 18.9. The Morgan fingerprint density at radius 3 is 2.76 bits per heavy atom. The van der Waals surface area contributed by atoms with Gasteiger partial charge in [-0.25, -0.2) is 8.42 Å². The highest BCUT2D eigenvalue weighted by atomic mass is 32.2. The van der Waals surface area contributed by atoms with Crippen LogP contribution >= 0.6 is 0 Å². The van der Waals surface area contributed by atoms with Gasteiger partial charge in [-0.2, -0.15) is 4.31 Å². The third kappa shape index (κ3) is 5.02. The zero-order chi connectivity index (χ0) is 24.3. The van der Waals surface area contributed by atoms with E-state index >= 15 is 0 Å². The standard InChI is InChI=1S/C24H25N3O6S/c1-16-23(22(33-26-16)11-10-21-9-5-13-32-21)34(30,31)27-12-4-7-19(15-27)24(29)25-20-8-3-6-18(14-20)17(2)28/h3,5-6,8-11,13-14,19H,4,7,12,15H2,1-2H3,(H,25,29)/b11-10+. The topological polar surface area (TPSA) is 123 Å². The van der Waals surface area contributed by atoms with E-state index in [9.17, 15) is 18.0 Å². The predicted molar refractivity (Wildman–Crippen MR) is 125 cm³/mol. The van der Waals surface area contributed by atoms with Crippen LogP contribution in [-0.2, 0) is 14.8 Å². The molecule has 1 atom stereocenters. The van der Waals surface area contributed by atoms with Crippen molar-refractivity contribution in [3.63, 3.8) is 0 Å². The van der Waals surface area contributed by atoms with E-state index in [0.29, 0.717) is 29.9 Å². The molecule has 9 nitrogen and oxygen atoms in total. The van der Waals surface area contributed by atoms with Crippen LogP contribution in [0.15, 0.2) is 56.5 Å². The maximum atomic E-state index is 13.5. The van der Waals surface area contributed by atoms with Crippen LogP contribution in [0.3, 0.4) is 0 Å². The first-order valence-electron chi connectivity index (χ1n) is 10.9. The summed E-state index contributed by atoms with van der Waals surface area (Å²) in [4.78, 5) is 24.5. The Kier molecular flexibility index (Phi) is 6.80. The molecule has 1 aromatic carbocycles. The lowest BCUT2D eigenvalue weighted by atomic mass is 9.98. The molecule has 2 aromatic heterocycles. The molecule has 3 aromatic rings. The molecule has 1 amide bonds. The van der Waals surface area contributed by atoms with E-state index in [-0.39, 0.29) is 41.1 Å². The van der Waals surface area contributed by atoms with E-state index in [0.717, 1.165) is 0 Å². The molecule has 1 unspecified atom stereocenters. The molecule has 0 radical (unpaired) electrons. The number of rotatable bonds is 7. The maximum Gasteiger partial charge on any atom is 0.248 e. The third-order valence-corrected chi connectivity index (χ3v) is 7.69. The van der Waals surface area contributed by atoms with Crippen LogP contribution in [0.5, 0.6) is 0 Å². The van der Waals surface area contributed by atoms with E-state index in [4.69, 9.17) is 8.94 Å². The second-order valence-corrected chi connectivity index (χ2v) is 10.0. The number of carbonyl (C=O) groups excluding carboxylic acids is 2. The number of carbonyl (C=O) groups is 2. The first kappa shape index (κ1) is 23.7. The molecule has 0 bridgehead atoms. The van der Waals surface area contributed by atoms with Gasteiger partial charge in [-0.3, -0.25) is 9.59 Å². The Bertz CT molecular complexity index is 1320. The fourth-order valence-electron chi connectivity index (χ4n) is 3.91. The number of hydrogen-bond acceptors (Lipinski definition) is 7. The Balaban J connectivity index is 1.52. The molecule has 178 valence electrons. The molecule has 1 saturated heterocycles. The number of aryl methyl sites for hydroxylation is 1. The Labute approximate surface area is 197 Å². The summed E-state index contributed by atoms with van der Waals surface area (Å²) in [6, 6.07) is 10.1. The van der Waals surface area contributed by atoms with E-state index in [2.05, 4.69) is 10.5 Å². The summed E-state index contributed by atoms with van der Waals surface area (Å²) < 4.78 is 38.8. The number of nitrogens with zero attached hydrogens (tertiary/aromatic N) is 2. The number of nitrogens with one attached hydrogen (secondary N) is 1. The van der Waals surface area contributed by atoms with Crippen LogP contribution in [0.1, 0.15) is 47.3 Å². The molecule has 1 fully saturated rings. The minimum atomic E-state index is -3.96. The molecule has 1 aliphatic heterocycles. The Morgan fingerprint density at radius 1 is 1.21 bits per heavy atom. The van der Waals surface area contributed by atoms with Crippen LogP contribution in [0.25, 0.3) is 12.2 Å².